The second kappa shape index (κ2) is 8.47. The maximum Gasteiger partial charge on any atom is 0.308 e. The summed E-state index contributed by atoms with van der Waals surface area (Å²) in [6.07, 6.45) is 0. The van der Waals surface area contributed by atoms with E-state index in [1.165, 1.54) is 19.4 Å². The van der Waals surface area contributed by atoms with Crippen molar-refractivity contribution in [1.29, 1.82) is 0 Å². The fourth-order valence-corrected chi connectivity index (χ4v) is 2.83. The molecule has 3 aromatic rings. The molecule has 138 valence electrons. The molecular weight excluding hydrogens is 342 g/mol. The Balaban J connectivity index is 1.80. The zero-order valence-corrected chi connectivity index (χ0v) is 15.3. The van der Waals surface area contributed by atoms with Gasteiger partial charge in [-0.1, -0.05) is 42.5 Å². The molecule has 0 aliphatic heterocycles. The molecule has 0 spiro atoms. The van der Waals surface area contributed by atoms with Crippen molar-refractivity contribution in [2.75, 3.05) is 0 Å². The lowest BCUT2D eigenvalue weighted by Gasteiger charge is -2.11. The Morgan fingerprint density at radius 1 is 0.741 bits per heavy atom. The molecule has 0 aliphatic rings. The lowest BCUT2D eigenvalue weighted by molar-refractivity contribution is -0.134. The number of hydrogen-bond donors (Lipinski definition) is 1. The molecule has 0 fully saturated rings. The van der Waals surface area contributed by atoms with Gasteiger partial charge in [-0.15, -0.1) is 0 Å². The van der Waals surface area contributed by atoms with Crippen molar-refractivity contribution >= 4 is 22.7 Å². The largest absolute Gasteiger partial charge is 0.423 e. The quantitative estimate of drug-likeness (QED) is 0.530. The number of hydrogen-bond acceptors (Lipinski definition) is 5. The Bertz CT molecular complexity index is 967. The van der Waals surface area contributed by atoms with Gasteiger partial charge in [-0.2, -0.15) is 0 Å². The molecule has 27 heavy (non-hydrogen) atoms. The number of carbonyl (C=O) groups excluding carboxylic acids is 2. The average Bonchev–Trinajstić information content (AvgIpc) is 2.62. The molecule has 0 aromatic heterocycles. The van der Waals surface area contributed by atoms with E-state index in [4.69, 9.17) is 9.47 Å². The smallest absolute Gasteiger partial charge is 0.308 e. The van der Waals surface area contributed by atoms with Crippen LogP contribution in [0.4, 0.5) is 0 Å². The predicted octanol–water partition coefficient (Wildman–Crippen LogP) is 3.98. The maximum absolute atomic E-state index is 11.4. The minimum Gasteiger partial charge on any atom is -0.423 e. The molecule has 0 amide bonds. The third kappa shape index (κ3) is 5.15. The van der Waals surface area contributed by atoms with Gasteiger partial charge in [-0.25, -0.2) is 0 Å². The third-order valence-corrected chi connectivity index (χ3v) is 3.98. The first kappa shape index (κ1) is 18.6. The van der Waals surface area contributed by atoms with Crippen molar-refractivity contribution in [1.82, 2.24) is 5.32 Å². The van der Waals surface area contributed by atoms with Gasteiger partial charge in [-0.05, 0) is 40.1 Å². The Labute approximate surface area is 157 Å². The third-order valence-electron chi connectivity index (χ3n) is 3.98. The normalized spacial score (nSPS) is 10.6. The Hall–Kier alpha value is -3.18. The molecule has 3 aromatic carbocycles. The lowest BCUT2D eigenvalue weighted by atomic mass is 10.1. The van der Waals surface area contributed by atoms with Crippen LogP contribution in [0.5, 0.6) is 11.5 Å². The van der Waals surface area contributed by atoms with Crippen LogP contribution in [0.25, 0.3) is 10.8 Å². The molecule has 0 bridgehead atoms. The van der Waals surface area contributed by atoms with Crippen molar-refractivity contribution in [2.24, 2.45) is 0 Å². The highest BCUT2D eigenvalue weighted by Gasteiger charge is 2.12. The van der Waals surface area contributed by atoms with Crippen molar-refractivity contribution in [2.45, 2.75) is 26.9 Å². The van der Waals surface area contributed by atoms with Gasteiger partial charge in [0.15, 0.2) is 11.5 Å². The summed E-state index contributed by atoms with van der Waals surface area (Å²) in [5.41, 5.74) is 2.33. The van der Waals surface area contributed by atoms with E-state index in [1.807, 2.05) is 36.4 Å². The van der Waals surface area contributed by atoms with E-state index in [2.05, 4.69) is 17.4 Å². The monoisotopic (exact) mass is 363 g/mol. The Morgan fingerprint density at radius 3 is 1.96 bits per heavy atom. The van der Waals surface area contributed by atoms with Gasteiger partial charge in [0.25, 0.3) is 0 Å². The van der Waals surface area contributed by atoms with Gasteiger partial charge >= 0.3 is 11.9 Å². The van der Waals surface area contributed by atoms with E-state index in [9.17, 15) is 9.59 Å². The number of ether oxygens (including phenoxy) is 2. The topological polar surface area (TPSA) is 64.6 Å². The summed E-state index contributed by atoms with van der Waals surface area (Å²) in [6.45, 7) is 4.11. The highest BCUT2D eigenvalue weighted by Crippen LogP contribution is 2.33. The fraction of sp³-hybridized carbons (Fsp3) is 0.182. The minimum absolute atomic E-state index is 0.236. The van der Waals surface area contributed by atoms with Crippen LogP contribution in [0.2, 0.25) is 0 Å². The van der Waals surface area contributed by atoms with Crippen molar-refractivity contribution < 1.29 is 19.1 Å². The van der Waals surface area contributed by atoms with Crippen LogP contribution in [-0.2, 0) is 22.7 Å². The van der Waals surface area contributed by atoms with E-state index in [-0.39, 0.29) is 11.5 Å². The van der Waals surface area contributed by atoms with Crippen LogP contribution in [0.1, 0.15) is 25.0 Å². The van der Waals surface area contributed by atoms with Gasteiger partial charge in [0.1, 0.15) is 0 Å². The van der Waals surface area contributed by atoms with E-state index in [0.717, 1.165) is 22.9 Å². The summed E-state index contributed by atoms with van der Waals surface area (Å²) in [5, 5.41) is 5.21. The summed E-state index contributed by atoms with van der Waals surface area (Å²) < 4.78 is 10.4. The Kier molecular flexibility index (Phi) is 5.84. The van der Waals surface area contributed by atoms with E-state index >= 15 is 0 Å². The predicted molar refractivity (Wildman–Crippen MR) is 104 cm³/mol. The molecule has 0 heterocycles. The molecular formula is C22H21NO4. The Morgan fingerprint density at radius 2 is 1.33 bits per heavy atom. The molecule has 3 rings (SSSR count). The van der Waals surface area contributed by atoms with Crippen LogP contribution < -0.4 is 14.8 Å². The molecule has 5 nitrogen and oxygen atoms in total. The highest BCUT2D eigenvalue weighted by atomic mass is 16.6. The second-order valence-electron chi connectivity index (χ2n) is 6.26. The van der Waals surface area contributed by atoms with Gasteiger partial charge < -0.3 is 14.8 Å². The fourth-order valence-electron chi connectivity index (χ4n) is 2.83. The summed E-state index contributed by atoms with van der Waals surface area (Å²) in [7, 11) is 0. The maximum atomic E-state index is 11.4. The zero-order valence-electron chi connectivity index (χ0n) is 15.3. The molecule has 0 saturated heterocycles. The van der Waals surface area contributed by atoms with Crippen molar-refractivity contribution in [3.8, 4) is 11.5 Å². The molecule has 0 atom stereocenters. The van der Waals surface area contributed by atoms with Crippen LogP contribution in [0.15, 0.2) is 60.7 Å². The first-order valence-electron chi connectivity index (χ1n) is 8.69. The molecule has 0 radical (unpaired) electrons. The summed E-state index contributed by atoms with van der Waals surface area (Å²) in [6, 6.07) is 19.6. The van der Waals surface area contributed by atoms with E-state index in [1.54, 1.807) is 12.1 Å². The van der Waals surface area contributed by atoms with Gasteiger partial charge in [0.05, 0.1) is 0 Å². The molecule has 0 saturated carbocycles. The number of nitrogens with one attached hydrogen (secondary N) is 1. The number of carbonyl (C=O) groups is 2. The average molecular weight is 363 g/mol. The van der Waals surface area contributed by atoms with E-state index in [0.29, 0.717) is 6.54 Å². The summed E-state index contributed by atoms with van der Waals surface area (Å²) in [5.74, 6) is -0.465. The van der Waals surface area contributed by atoms with Crippen LogP contribution in [-0.4, -0.2) is 11.9 Å². The standard InChI is InChI=1S/C22H21NO4/c1-15(24)26-21-11-19-9-8-18(10-20(19)12-22(21)27-16(2)25)14-23-13-17-6-4-3-5-7-17/h3-12,23H,13-14H2,1-2H3. The van der Waals surface area contributed by atoms with Gasteiger partial charge in [0.2, 0.25) is 0 Å². The van der Waals surface area contributed by atoms with E-state index < -0.39 is 11.9 Å². The summed E-state index contributed by atoms with van der Waals surface area (Å²) in [4.78, 5) is 22.7. The lowest BCUT2D eigenvalue weighted by Crippen LogP contribution is -2.12. The van der Waals surface area contributed by atoms with Crippen LogP contribution in [0.3, 0.4) is 0 Å². The van der Waals surface area contributed by atoms with Crippen molar-refractivity contribution in [3.05, 3.63) is 71.8 Å². The van der Waals surface area contributed by atoms with Crippen LogP contribution >= 0.6 is 0 Å². The van der Waals surface area contributed by atoms with Crippen molar-refractivity contribution in [3.63, 3.8) is 0 Å². The minimum atomic E-state index is -0.469. The number of esters is 2. The zero-order chi connectivity index (χ0) is 19.2. The molecule has 1 N–H and O–H groups in total. The van der Waals surface area contributed by atoms with Gasteiger partial charge in [-0.3, -0.25) is 9.59 Å². The summed E-state index contributed by atoms with van der Waals surface area (Å²) >= 11 is 0. The SMILES string of the molecule is CC(=O)Oc1cc2ccc(CNCc3ccccc3)cc2cc1OC(C)=O. The first-order valence-corrected chi connectivity index (χ1v) is 8.69. The highest BCUT2D eigenvalue weighted by molar-refractivity contribution is 5.88. The molecule has 5 heteroatoms. The van der Waals surface area contributed by atoms with Crippen LogP contribution in [0, 0.1) is 0 Å². The second-order valence-corrected chi connectivity index (χ2v) is 6.26. The molecule has 0 unspecified atom stereocenters. The number of fused-ring (bicyclic) bond motifs is 1. The number of benzene rings is 3. The molecule has 0 aliphatic carbocycles. The first-order chi connectivity index (χ1) is 13.0. The van der Waals surface area contributed by atoms with Gasteiger partial charge in [0, 0.05) is 26.9 Å². The number of rotatable bonds is 6.